The molecule has 7 rings (SSSR count). The smallest absolute Gasteiger partial charge is 0.417 e. The minimum absolute atomic E-state index is 0.0974. The number of alkyl halides is 3. The van der Waals surface area contributed by atoms with Gasteiger partial charge >= 0.3 is 12.1 Å². The molecule has 1 aromatic heterocycles. The number of aliphatic carboxylic acids is 1. The van der Waals surface area contributed by atoms with E-state index < -0.39 is 29.4 Å². The van der Waals surface area contributed by atoms with E-state index in [1.165, 1.54) is 31.4 Å². The molecular weight excluding hydrogens is 690 g/mol. The molecule has 2 fully saturated rings. The SMILES string of the molecule is COc1cc(/C=C/c2cccc(-c3cccc(-c4nc5cc(CN6CC[C@@H](O)C6)ccc5o4)c3C)c2F)c(C(F)(F)F)cc1CN1CC[C@@H](C(=O)O)C1. The van der Waals surface area contributed by atoms with Crippen LogP contribution in [0.1, 0.15) is 46.2 Å². The molecule has 5 aromatic rings. The van der Waals surface area contributed by atoms with Crippen LogP contribution in [0.4, 0.5) is 17.6 Å². The third kappa shape index (κ3) is 7.71. The first-order chi connectivity index (χ1) is 25.4. The lowest BCUT2D eigenvalue weighted by Crippen LogP contribution is -2.23. The van der Waals surface area contributed by atoms with Gasteiger partial charge in [0, 0.05) is 55.0 Å². The van der Waals surface area contributed by atoms with Gasteiger partial charge in [-0.25, -0.2) is 9.37 Å². The summed E-state index contributed by atoms with van der Waals surface area (Å²) in [6, 6.07) is 18.3. The molecule has 276 valence electrons. The van der Waals surface area contributed by atoms with E-state index in [0.29, 0.717) is 54.2 Å². The van der Waals surface area contributed by atoms with Crippen LogP contribution >= 0.6 is 0 Å². The summed E-state index contributed by atoms with van der Waals surface area (Å²) in [5, 5.41) is 19.2. The van der Waals surface area contributed by atoms with Gasteiger partial charge in [-0.2, -0.15) is 13.2 Å². The van der Waals surface area contributed by atoms with Crippen molar-refractivity contribution in [1.82, 2.24) is 14.8 Å². The number of benzene rings is 4. The summed E-state index contributed by atoms with van der Waals surface area (Å²) < 4.78 is 71.0. The van der Waals surface area contributed by atoms with Crippen LogP contribution in [0.5, 0.6) is 5.75 Å². The third-order valence-corrected chi connectivity index (χ3v) is 10.2. The predicted molar refractivity (Wildman–Crippen MR) is 193 cm³/mol. The lowest BCUT2D eigenvalue weighted by Gasteiger charge is -2.20. The van der Waals surface area contributed by atoms with Crippen LogP contribution < -0.4 is 4.74 Å². The number of hydrogen-bond acceptors (Lipinski definition) is 7. The molecule has 2 aliphatic heterocycles. The van der Waals surface area contributed by atoms with Crippen molar-refractivity contribution in [3.05, 3.63) is 106 Å². The molecule has 4 aromatic carbocycles. The standard InChI is InChI=1S/C41H39F4N3O5/c1-24-31(6-4-7-32(24)39-46-35-17-25(9-12-36(35)53-39)20-47-16-14-30(49)23-47)33-8-3-5-26(38(33)42)10-11-27-19-37(52-2)29(18-34(27)41(43,44)45)22-48-15-13-28(21-48)40(50)51/h3-12,17-19,28,30,49H,13-16,20-23H2,1-2H3,(H,50,51)/b11-10+/t28-,30-/m1/s1. The molecule has 8 nitrogen and oxygen atoms in total. The second-order valence-electron chi connectivity index (χ2n) is 13.8. The van der Waals surface area contributed by atoms with Gasteiger partial charge < -0.3 is 19.4 Å². The molecule has 2 N–H and O–H groups in total. The van der Waals surface area contributed by atoms with Gasteiger partial charge in [-0.15, -0.1) is 0 Å². The van der Waals surface area contributed by atoms with Crippen LogP contribution in [0, 0.1) is 18.7 Å². The maximum atomic E-state index is 16.2. The van der Waals surface area contributed by atoms with Crippen molar-refractivity contribution in [2.45, 2.75) is 45.1 Å². The minimum atomic E-state index is -4.71. The highest BCUT2D eigenvalue weighted by molar-refractivity contribution is 5.82. The highest BCUT2D eigenvalue weighted by atomic mass is 19.4. The average molecular weight is 730 g/mol. The molecule has 0 unspecified atom stereocenters. The second-order valence-corrected chi connectivity index (χ2v) is 13.8. The summed E-state index contributed by atoms with van der Waals surface area (Å²) >= 11 is 0. The van der Waals surface area contributed by atoms with Crippen molar-refractivity contribution in [2.24, 2.45) is 5.92 Å². The predicted octanol–water partition coefficient (Wildman–Crippen LogP) is 8.28. The van der Waals surface area contributed by atoms with Crippen LogP contribution in [-0.4, -0.2) is 70.4 Å². The number of aromatic nitrogens is 1. The number of nitrogens with zero attached hydrogens (tertiary/aromatic N) is 3. The number of hydrogen-bond donors (Lipinski definition) is 2. The van der Waals surface area contributed by atoms with Gasteiger partial charge in [0.05, 0.1) is 24.7 Å². The summed E-state index contributed by atoms with van der Waals surface area (Å²) in [5.74, 6) is -1.49. The van der Waals surface area contributed by atoms with Crippen LogP contribution in [-0.2, 0) is 24.1 Å². The van der Waals surface area contributed by atoms with Gasteiger partial charge in [0.1, 0.15) is 17.1 Å². The zero-order valence-corrected chi connectivity index (χ0v) is 29.3. The first-order valence-electron chi connectivity index (χ1n) is 17.5. The Balaban J connectivity index is 1.16. The number of oxazole rings is 1. The van der Waals surface area contributed by atoms with E-state index in [1.54, 1.807) is 29.2 Å². The van der Waals surface area contributed by atoms with Crippen molar-refractivity contribution in [3.63, 3.8) is 0 Å². The van der Waals surface area contributed by atoms with Gasteiger partial charge in [0.15, 0.2) is 5.58 Å². The number of aliphatic hydroxyl groups excluding tert-OH is 1. The number of carbonyl (C=O) groups is 1. The maximum Gasteiger partial charge on any atom is 0.417 e. The number of carboxylic acid groups (broad SMARTS) is 1. The molecule has 12 heteroatoms. The Hall–Kier alpha value is -5.04. The van der Waals surface area contributed by atoms with Gasteiger partial charge in [-0.1, -0.05) is 48.6 Å². The molecule has 0 spiro atoms. The zero-order valence-electron chi connectivity index (χ0n) is 29.3. The fraction of sp³-hybridized carbons (Fsp3) is 0.317. The normalized spacial score (nSPS) is 18.5. The highest BCUT2D eigenvalue weighted by Crippen LogP contribution is 2.39. The fourth-order valence-electron chi connectivity index (χ4n) is 7.38. The molecule has 3 heterocycles. The molecule has 0 bridgehead atoms. The van der Waals surface area contributed by atoms with E-state index in [-0.39, 0.29) is 47.2 Å². The number of halogens is 4. The largest absolute Gasteiger partial charge is 0.496 e. The molecule has 0 saturated carbocycles. The molecule has 2 aliphatic rings. The number of aliphatic hydroxyl groups is 1. The minimum Gasteiger partial charge on any atom is -0.496 e. The van der Waals surface area contributed by atoms with Gasteiger partial charge in [0.2, 0.25) is 5.89 Å². The summed E-state index contributed by atoms with van der Waals surface area (Å²) in [7, 11) is 1.36. The van der Waals surface area contributed by atoms with Crippen LogP contribution in [0.3, 0.4) is 0 Å². The van der Waals surface area contributed by atoms with Crippen molar-refractivity contribution in [3.8, 4) is 28.3 Å². The number of methoxy groups -OCH3 is 1. The zero-order chi connectivity index (χ0) is 37.4. The summed E-state index contributed by atoms with van der Waals surface area (Å²) in [4.78, 5) is 20.1. The number of ether oxygens (including phenoxy) is 1. The second kappa shape index (κ2) is 14.8. The van der Waals surface area contributed by atoms with E-state index in [4.69, 9.17) is 14.1 Å². The van der Waals surface area contributed by atoms with Gasteiger partial charge in [-0.3, -0.25) is 14.6 Å². The molecule has 0 radical (unpaired) electrons. The Morgan fingerprint density at radius 1 is 0.943 bits per heavy atom. The number of carboxylic acids is 1. The van der Waals surface area contributed by atoms with E-state index in [2.05, 4.69) is 4.90 Å². The van der Waals surface area contributed by atoms with E-state index in [0.717, 1.165) is 30.2 Å². The molecule has 2 saturated heterocycles. The fourth-order valence-corrected chi connectivity index (χ4v) is 7.38. The van der Waals surface area contributed by atoms with E-state index >= 15 is 4.39 Å². The monoisotopic (exact) mass is 729 g/mol. The van der Waals surface area contributed by atoms with Crippen molar-refractivity contribution in [1.29, 1.82) is 0 Å². The quantitative estimate of drug-likeness (QED) is 0.110. The Bertz CT molecular complexity index is 2200. The Kier molecular flexibility index (Phi) is 10.1. The number of rotatable bonds is 10. The topological polar surface area (TPSA) is 99.3 Å². The first-order valence-corrected chi connectivity index (χ1v) is 17.5. The van der Waals surface area contributed by atoms with E-state index in [1.807, 2.05) is 31.2 Å². The maximum absolute atomic E-state index is 16.2. The molecule has 53 heavy (non-hydrogen) atoms. The summed E-state index contributed by atoms with van der Waals surface area (Å²) in [6.45, 7) is 4.79. The molecule has 2 atom stereocenters. The third-order valence-electron chi connectivity index (χ3n) is 10.2. The Labute approximate surface area is 303 Å². The van der Waals surface area contributed by atoms with Crippen molar-refractivity contribution in [2.75, 3.05) is 33.3 Å². The lowest BCUT2D eigenvalue weighted by molar-refractivity contribution is -0.141. The summed E-state index contributed by atoms with van der Waals surface area (Å²) in [5.41, 5.74) is 3.89. The van der Waals surface area contributed by atoms with Gasteiger partial charge in [0.25, 0.3) is 0 Å². The summed E-state index contributed by atoms with van der Waals surface area (Å²) in [6.07, 6.45) is -1.29. The van der Waals surface area contributed by atoms with Crippen LogP contribution in [0.25, 0.3) is 45.8 Å². The first kappa shape index (κ1) is 36.3. The van der Waals surface area contributed by atoms with Crippen LogP contribution in [0.2, 0.25) is 0 Å². The average Bonchev–Trinajstić information content (AvgIpc) is 3.88. The van der Waals surface area contributed by atoms with E-state index in [9.17, 15) is 28.2 Å². The lowest BCUT2D eigenvalue weighted by atomic mass is 9.94. The highest BCUT2D eigenvalue weighted by Gasteiger charge is 2.35. The number of β-amino-alcohol motifs (C(OH)–C–C–N with tert-alkyl or cyclic N) is 1. The van der Waals surface area contributed by atoms with Crippen molar-refractivity contribution >= 4 is 29.2 Å². The molecular formula is C41H39F4N3O5. The number of fused-ring (bicyclic) bond motifs is 1. The van der Waals surface area contributed by atoms with Crippen LogP contribution in [0.15, 0.2) is 71.1 Å². The Morgan fingerprint density at radius 3 is 2.38 bits per heavy atom. The molecule has 0 aliphatic carbocycles. The molecule has 0 amide bonds. The number of likely N-dealkylation sites (tertiary alicyclic amines) is 2. The van der Waals surface area contributed by atoms with Crippen molar-refractivity contribution < 1.29 is 41.7 Å². The Morgan fingerprint density at radius 2 is 1.66 bits per heavy atom. The van der Waals surface area contributed by atoms with Gasteiger partial charge in [-0.05, 0) is 78.9 Å².